The number of rotatable bonds is 5. The van der Waals surface area contributed by atoms with E-state index in [4.69, 9.17) is 33.0 Å². The molecule has 7 nitrogen and oxygen atoms in total. The van der Waals surface area contributed by atoms with Crippen LogP contribution in [-0.4, -0.2) is 39.2 Å². The highest BCUT2D eigenvalue weighted by atomic mass is 35.5. The predicted octanol–water partition coefficient (Wildman–Crippen LogP) is 4.20. The summed E-state index contributed by atoms with van der Waals surface area (Å²) in [5, 5.41) is 12.3. The van der Waals surface area contributed by atoms with Crippen molar-refractivity contribution in [2.24, 2.45) is 17.1 Å². The van der Waals surface area contributed by atoms with Crippen molar-refractivity contribution >= 4 is 35.0 Å². The Labute approximate surface area is 209 Å². The van der Waals surface area contributed by atoms with E-state index in [2.05, 4.69) is 16.0 Å². The maximum atomic E-state index is 11.1. The number of anilines is 2. The number of nitrogens with zero attached hydrogens (tertiary/aromatic N) is 4. The third-order valence-corrected chi connectivity index (χ3v) is 9.78. The molecule has 0 aromatic carbocycles. The summed E-state index contributed by atoms with van der Waals surface area (Å²) in [6.45, 7) is 3.73. The largest absolute Gasteiger partial charge is 0.383 e. The number of halogens is 1. The molecule has 2 aromatic heterocycles. The number of nitrogen functional groups attached to an aromatic ring is 1. The molecule has 1 spiro atoms. The molecule has 3 aliphatic carbocycles. The summed E-state index contributed by atoms with van der Waals surface area (Å²) in [5.74, 6) is 1.85. The van der Waals surface area contributed by atoms with Gasteiger partial charge >= 0.3 is 0 Å². The third kappa shape index (κ3) is 3.79. The van der Waals surface area contributed by atoms with E-state index in [1.807, 2.05) is 13.0 Å². The quantitative estimate of drug-likeness (QED) is 0.525. The van der Waals surface area contributed by atoms with Gasteiger partial charge in [0.25, 0.3) is 0 Å². The van der Waals surface area contributed by atoms with Crippen molar-refractivity contribution in [2.75, 3.05) is 23.7 Å². The first kappa shape index (κ1) is 22.6. The van der Waals surface area contributed by atoms with Gasteiger partial charge < -0.3 is 21.5 Å². The fourth-order valence-electron chi connectivity index (χ4n) is 5.55. The molecular formula is C25H31ClN6OS. The highest BCUT2D eigenvalue weighted by Gasteiger charge is 2.50. The Morgan fingerprint density at radius 3 is 2.59 bits per heavy atom. The number of aryl methyl sites for hydroxylation is 1. The zero-order chi connectivity index (χ0) is 23.7. The highest BCUT2D eigenvalue weighted by Crippen LogP contribution is 2.53. The fourth-order valence-corrected chi connectivity index (χ4v) is 6.63. The average Bonchev–Trinajstić information content (AvgIpc) is 3.76. The molecule has 5 N–H and O–H groups in total. The van der Waals surface area contributed by atoms with Gasteiger partial charge in [0.2, 0.25) is 0 Å². The molecule has 0 amide bonds. The second kappa shape index (κ2) is 8.08. The molecule has 3 fully saturated rings. The van der Waals surface area contributed by atoms with E-state index in [9.17, 15) is 5.11 Å². The van der Waals surface area contributed by atoms with E-state index in [0.29, 0.717) is 29.4 Å². The van der Waals surface area contributed by atoms with E-state index >= 15 is 0 Å². The number of aromatic nitrogens is 3. The summed E-state index contributed by atoms with van der Waals surface area (Å²) in [4.78, 5) is 17.1. The molecule has 1 aliphatic heterocycles. The van der Waals surface area contributed by atoms with E-state index in [1.165, 1.54) is 30.2 Å². The van der Waals surface area contributed by atoms with Crippen LogP contribution < -0.4 is 16.4 Å². The van der Waals surface area contributed by atoms with Crippen LogP contribution in [0.5, 0.6) is 0 Å². The molecular weight excluding hydrogens is 468 g/mol. The molecule has 0 radical (unpaired) electrons. The summed E-state index contributed by atoms with van der Waals surface area (Å²) in [6, 6.07) is 2.02. The number of hydrogen-bond acceptors (Lipinski definition) is 8. The first-order chi connectivity index (χ1) is 16.3. The fraction of sp³-hybridized carbons (Fsp3) is 0.560. The third-order valence-electron chi connectivity index (χ3n) is 8.13. The maximum absolute atomic E-state index is 11.1. The molecule has 9 heteroatoms. The van der Waals surface area contributed by atoms with Gasteiger partial charge in [-0.05, 0) is 69.3 Å². The van der Waals surface area contributed by atoms with Crippen LogP contribution in [0.25, 0.3) is 0 Å². The van der Waals surface area contributed by atoms with Crippen molar-refractivity contribution in [2.45, 2.75) is 73.4 Å². The lowest BCUT2D eigenvalue weighted by atomic mass is 9.72. The monoisotopic (exact) mass is 498 g/mol. The Hall–Kier alpha value is -1.87. The Bertz CT molecular complexity index is 1170. The summed E-state index contributed by atoms with van der Waals surface area (Å²) in [6.07, 6.45) is 11.3. The first-order valence-electron chi connectivity index (χ1n) is 12.2. The SMILES string of the molecule is Cc1nc(N2CCC3(CC=C(C4CC4)[C@H]3N)CC2)c(C2(O)CC2)nc1Sc1ccnc(N)c1Cl. The summed E-state index contributed by atoms with van der Waals surface area (Å²) < 4.78 is 0. The Kier molecular flexibility index (Phi) is 5.37. The summed E-state index contributed by atoms with van der Waals surface area (Å²) in [5.41, 5.74) is 15.0. The van der Waals surface area contributed by atoms with Crippen molar-refractivity contribution in [3.05, 3.63) is 40.3 Å². The van der Waals surface area contributed by atoms with Crippen LogP contribution in [-0.2, 0) is 5.60 Å². The molecule has 1 saturated heterocycles. The lowest BCUT2D eigenvalue weighted by Crippen LogP contribution is -2.49. The first-order valence-corrected chi connectivity index (χ1v) is 13.4. The predicted molar refractivity (Wildman–Crippen MR) is 135 cm³/mol. The van der Waals surface area contributed by atoms with Crippen molar-refractivity contribution in [3.8, 4) is 0 Å². The summed E-state index contributed by atoms with van der Waals surface area (Å²) in [7, 11) is 0. The smallest absolute Gasteiger partial charge is 0.153 e. The van der Waals surface area contributed by atoms with Gasteiger partial charge in [-0.2, -0.15) is 0 Å². The molecule has 6 rings (SSSR count). The minimum absolute atomic E-state index is 0.182. The second-order valence-electron chi connectivity index (χ2n) is 10.4. The van der Waals surface area contributed by atoms with Gasteiger partial charge in [-0.25, -0.2) is 15.0 Å². The zero-order valence-corrected chi connectivity index (χ0v) is 21.0. The molecule has 34 heavy (non-hydrogen) atoms. The van der Waals surface area contributed by atoms with Gasteiger partial charge in [-0.1, -0.05) is 35.0 Å². The molecule has 0 unspecified atom stereocenters. The van der Waals surface area contributed by atoms with E-state index < -0.39 is 5.60 Å². The molecule has 2 aromatic rings. The van der Waals surface area contributed by atoms with E-state index in [-0.39, 0.29) is 11.5 Å². The normalized spacial score (nSPS) is 25.0. The van der Waals surface area contributed by atoms with Crippen molar-refractivity contribution < 1.29 is 5.11 Å². The molecule has 4 aliphatic rings. The molecule has 180 valence electrons. The van der Waals surface area contributed by atoms with Crippen LogP contribution in [0.4, 0.5) is 11.6 Å². The van der Waals surface area contributed by atoms with Crippen molar-refractivity contribution in [1.82, 2.24) is 15.0 Å². The number of aliphatic hydroxyl groups is 1. The summed E-state index contributed by atoms with van der Waals surface area (Å²) >= 11 is 7.78. The van der Waals surface area contributed by atoms with Gasteiger partial charge in [0, 0.05) is 30.2 Å². The van der Waals surface area contributed by atoms with Gasteiger partial charge in [0.05, 0.1) is 10.7 Å². The zero-order valence-electron chi connectivity index (χ0n) is 19.4. The van der Waals surface area contributed by atoms with Crippen molar-refractivity contribution in [1.29, 1.82) is 0 Å². The standard InChI is InChI=1S/C25H31ClN6OS/c1-14-23(34-17-5-11-29-21(28)18(17)26)31-20(25(33)7-8-25)22(30-14)32-12-9-24(10-13-32)6-4-16(19(24)27)15-2-3-15/h4-5,11,15,19,33H,2-3,6-10,12-13,27H2,1H3,(H2,28,29)/t19-/m1/s1. The van der Waals surface area contributed by atoms with Crippen LogP contribution in [0.15, 0.2) is 33.8 Å². The number of piperidine rings is 1. The molecule has 0 bridgehead atoms. The highest BCUT2D eigenvalue weighted by molar-refractivity contribution is 7.99. The average molecular weight is 499 g/mol. The van der Waals surface area contributed by atoms with Gasteiger partial charge in [-0.15, -0.1) is 0 Å². The van der Waals surface area contributed by atoms with Crippen LogP contribution >= 0.6 is 23.4 Å². The Morgan fingerprint density at radius 2 is 1.91 bits per heavy atom. The maximum Gasteiger partial charge on any atom is 0.153 e. The Balaban J connectivity index is 1.26. The topological polar surface area (TPSA) is 114 Å². The number of pyridine rings is 1. The van der Waals surface area contributed by atoms with Gasteiger partial charge in [-0.3, -0.25) is 0 Å². The van der Waals surface area contributed by atoms with Crippen LogP contribution in [0.2, 0.25) is 5.02 Å². The van der Waals surface area contributed by atoms with Crippen LogP contribution in [0, 0.1) is 18.3 Å². The van der Waals surface area contributed by atoms with Crippen LogP contribution in [0.3, 0.4) is 0 Å². The van der Waals surface area contributed by atoms with Gasteiger partial charge in [0.15, 0.2) is 5.82 Å². The number of hydrogen-bond donors (Lipinski definition) is 3. The molecule has 1 atom stereocenters. The molecule has 3 heterocycles. The molecule has 2 saturated carbocycles. The lowest BCUT2D eigenvalue weighted by molar-refractivity contribution is 0.144. The van der Waals surface area contributed by atoms with Crippen molar-refractivity contribution in [3.63, 3.8) is 0 Å². The van der Waals surface area contributed by atoms with Gasteiger partial charge in [0.1, 0.15) is 22.1 Å². The van der Waals surface area contributed by atoms with Crippen LogP contribution in [0.1, 0.15) is 56.3 Å². The lowest BCUT2D eigenvalue weighted by Gasteiger charge is -2.43. The number of allylic oxidation sites excluding steroid dienone is 1. The Morgan fingerprint density at radius 1 is 1.18 bits per heavy atom. The number of nitrogens with two attached hydrogens (primary N) is 2. The second-order valence-corrected chi connectivity index (χ2v) is 11.8. The minimum atomic E-state index is -0.897. The van der Waals surface area contributed by atoms with E-state index in [0.717, 1.165) is 59.7 Å². The van der Waals surface area contributed by atoms with E-state index in [1.54, 1.807) is 6.20 Å². The minimum Gasteiger partial charge on any atom is -0.383 e.